The molecule has 0 aliphatic heterocycles. The Bertz CT molecular complexity index is 557. The Morgan fingerprint density at radius 2 is 1.89 bits per heavy atom. The van der Waals surface area contributed by atoms with Crippen molar-refractivity contribution in [3.63, 3.8) is 0 Å². The molecule has 94 valence electrons. The first-order valence-corrected chi connectivity index (χ1v) is 6.98. The predicted octanol–water partition coefficient (Wildman–Crippen LogP) is 5.03. The van der Waals surface area contributed by atoms with Crippen LogP contribution >= 0.6 is 39.1 Å². The van der Waals surface area contributed by atoms with E-state index in [2.05, 4.69) is 15.9 Å². The lowest BCUT2D eigenvalue weighted by molar-refractivity contribution is 0.178. The first-order chi connectivity index (χ1) is 8.56. The number of halogens is 3. The van der Waals surface area contributed by atoms with Gasteiger partial charge in [-0.3, -0.25) is 0 Å². The Hall–Kier alpha value is -0.540. The molecule has 0 radical (unpaired) electrons. The second-order valence-corrected chi connectivity index (χ2v) is 5.72. The molecule has 0 bridgehead atoms. The minimum Gasteiger partial charge on any atom is -0.388 e. The fourth-order valence-electron chi connectivity index (χ4n) is 1.72. The van der Waals surface area contributed by atoms with Crippen LogP contribution in [0.25, 0.3) is 0 Å². The highest BCUT2D eigenvalue weighted by atomic mass is 79.9. The summed E-state index contributed by atoms with van der Waals surface area (Å²) in [5, 5.41) is 11.4. The smallest absolute Gasteiger partial charge is 0.0830 e. The molecule has 2 rings (SSSR count). The van der Waals surface area contributed by atoms with E-state index in [0.717, 1.165) is 15.6 Å². The van der Waals surface area contributed by atoms with Crippen molar-refractivity contribution in [3.8, 4) is 0 Å². The second-order valence-electron chi connectivity index (χ2n) is 4.02. The lowest BCUT2D eigenvalue weighted by Gasteiger charge is -2.12. The average Bonchev–Trinajstić information content (AvgIpc) is 2.32. The first kappa shape index (κ1) is 13.9. The maximum Gasteiger partial charge on any atom is 0.0830 e. The fraction of sp³-hybridized carbons (Fsp3) is 0.143. The van der Waals surface area contributed by atoms with Gasteiger partial charge in [0.05, 0.1) is 11.1 Å². The van der Waals surface area contributed by atoms with Gasteiger partial charge in [0, 0.05) is 15.9 Å². The van der Waals surface area contributed by atoms with Crippen molar-refractivity contribution in [1.82, 2.24) is 0 Å². The van der Waals surface area contributed by atoms with Crippen LogP contribution in [-0.2, 0) is 6.42 Å². The van der Waals surface area contributed by atoms with E-state index in [1.165, 1.54) is 0 Å². The van der Waals surface area contributed by atoms with Crippen LogP contribution < -0.4 is 0 Å². The van der Waals surface area contributed by atoms with E-state index in [4.69, 9.17) is 23.2 Å². The van der Waals surface area contributed by atoms with Crippen molar-refractivity contribution >= 4 is 39.1 Å². The minimum absolute atomic E-state index is 0.512. The van der Waals surface area contributed by atoms with Crippen molar-refractivity contribution in [2.45, 2.75) is 12.5 Å². The molecular formula is C14H11BrCl2O. The third-order valence-electron chi connectivity index (χ3n) is 2.65. The zero-order chi connectivity index (χ0) is 13.1. The van der Waals surface area contributed by atoms with Gasteiger partial charge < -0.3 is 5.11 Å². The Balaban J connectivity index is 2.16. The number of aliphatic hydroxyl groups is 1. The van der Waals surface area contributed by atoms with Crippen molar-refractivity contribution < 1.29 is 5.11 Å². The molecule has 1 atom stereocenters. The molecule has 4 heteroatoms. The normalized spacial score (nSPS) is 12.4. The zero-order valence-corrected chi connectivity index (χ0v) is 12.5. The second kappa shape index (κ2) is 6.07. The molecule has 1 N–H and O–H groups in total. The summed E-state index contributed by atoms with van der Waals surface area (Å²) in [7, 11) is 0. The van der Waals surface area contributed by atoms with E-state index < -0.39 is 6.10 Å². The summed E-state index contributed by atoms with van der Waals surface area (Å²) >= 11 is 15.2. The number of rotatable bonds is 3. The highest BCUT2D eigenvalue weighted by Crippen LogP contribution is 2.27. The summed E-state index contributed by atoms with van der Waals surface area (Å²) in [4.78, 5) is 0. The van der Waals surface area contributed by atoms with Gasteiger partial charge in [0.15, 0.2) is 0 Å². The van der Waals surface area contributed by atoms with E-state index in [0.29, 0.717) is 16.5 Å². The van der Waals surface area contributed by atoms with E-state index in [1.807, 2.05) is 36.4 Å². The highest BCUT2D eigenvalue weighted by Gasteiger charge is 2.10. The van der Waals surface area contributed by atoms with Crippen molar-refractivity contribution in [2.75, 3.05) is 0 Å². The number of hydrogen-bond acceptors (Lipinski definition) is 1. The lowest BCUT2D eigenvalue weighted by Crippen LogP contribution is -2.01. The summed E-state index contributed by atoms with van der Waals surface area (Å²) in [6.45, 7) is 0. The van der Waals surface area contributed by atoms with E-state index in [-0.39, 0.29) is 0 Å². The molecule has 0 saturated carbocycles. The summed E-state index contributed by atoms with van der Waals surface area (Å²) in [5.41, 5.74) is 1.79. The monoisotopic (exact) mass is 344 g/mol. The van der Waals surface area contributed by atoms with Gasteiger partial charge in [0.25, 0.3) is 0 Å². The van der Waals surface area contributed by atoms with Gasteiger partial charge in [-0.2, -0.15) is 0 Å². The molecule has 0 aliphatic carbocycles. The molecular weight excluding hydrogens is 335 g/mol. The zero-order valence-electron chi connectivity index (χ0n) is 9.41. The lowest BCUT2D eigenvalue weighted by atomic mass is 10.0. The van der Waals surface area contributed by atoms with Crippen LogP contribution in [0.3, 0.4) is 0 Å². The fourth-order valence-corrected chi connectivity index (χ4v) is 2.37. The largest absolute Gasteiger partial charge is 0.388 e. The van der Waals surface area contributed by atoms with E-state index in [9.17, 15) is 5.11 Å². The summed E-state index contributed by atoms with van der Waals surface area (Å²) in [5.74, 6) is 0. The third-order valence-corrected chi connectivity index (χ3v) is 4.11. The number of hydrogen-bond donors (Lipinski definition) is 1. The molecule has 0 fully saturated rings. The van der Waals surface area contributed by atoms with Gasteiger partial charge in [-0.15, -0.1) is 0 Å². The molecule has 18 heavy (non-hydrogen) atoms. The molecule has 0 aliphatic rings. The van der Waals surface area contributed by atoms with Crippen LogP contribution in [-0.4, -0.2) is 5.11 Å². The Labute approximate surface area is 124 Å². The third kappa shape index (κ3) is 3.48. The maximum atomic E-state index is 10.2. The molecule has 0 aromatic heterocycles. The van der Waals surface area contributed by atoms with Gasteiger partial charge in [0.2, 0.25) is 0 Å². The molecule has 2 aromatic rings. The highest BCUT2D eigenvalue weighted by molar-refractivity contribution is 9.10. The molecule has 0 heterocycles. The predicted molar refractivity (Wildman–Crippen MR) is 79.3 cm³/mol. The number of aliphatic hydroxyl groups excluding tert-OH is 1. The quantitative estimate of drug-likeness (QED) is 0.826. The van der Waals surface area contributed by atoms with Crippen LogP contribution in [0.15, 0.2) is 46.9 Å². The summed E-state index contributed by atoms with van der Waals surface area (Å²) in [6, 6.07) is 12.9. The average molecular weight is 346 g/mol. The van der Waals surface area contributed by atoms with Crippen molar-refractivity contribution in [3.05, 3.63) is 68.1 Å². The molecule has 1 nitrogen and oxygen atoms in total. The SMILES string of the molecule is OC(Cc1cccc(Cl)c1)c1ccc(Br)c(Cl)c1. The summed E-state index contributed by atoms with van der Waals surface area (Å²) in [6.07, 6.45) is -0.0764. The van der Waals surface area contributed by atoms with Crippen LogP contribution in [0.4, 0.5) is 0 Å². The van der Waals surface area contributed by atoms with Gasteiger partial charge in [-0.05, 0) is 51.3 Å². The van der Waals surface area contributed by atoms with Gasteiger partial charge in [-0.1, -0.05) is 41.4 Å². The summed E-state index contributed by atoms with van der Waals surface area (Å²) < 4.78 is 0.822. The molecule has 0 amide bonds. The van der Waals surface area contributed by atoms with Crippen LogP contribution in [0, 0.1) is 0 Å². The Morgan fingerprint density at radius 1 is 1.11 bits per heavy atom. The molecule has 0 spiro atoms. The van der Waals surface area contributed by atoms with E-state index in [1.54, 1.807) is 6.07 Å². The molecule has 1 unspecified atom stereocenters. The molecule has 2 aromatic carbocycles. The van der Waals surface area contributed by atoms with Gasteiger partial charge in [0.1, 0.15) is 0 Å². The standard InChI is InChI=1S/C14H11BrCl2O/c15-12-5-4-10(8-13(12)17)14(18)7-9-2-1-3-11(16)6-9/h1-6,8,14,18H,7H2. The first-order valence-electron chi connectivity index (χ1n) is 5.44. The number of benzene rings is 2. The maximum absolute atomic E-state index is 10.2. The van der Waals surface area contributed by atoms with Gasteiger partial charge >= 0.3 is 0 Å². The topological polar surface area (TPSA) is 20.2 Å². The van der Waals surface area contributed by atoms with Crippen LogP contribution in [0.2, 0.25) is 10.0 Å². The Kier molecular flexibility index (Phi) is 4.68. The van der Waals surface area contributed by atoms with Crippen molar-refractivity contribution in [2.24, 2.45) is 0 Å². The van der Waals surface area contributed by atoms with Gasteiger partial charge in [-0.25, -0.2) is 0 Å². The molecule has 0 saturated heterocycles. The van der Waals surface area contributed by atoms with Crippen LogP contribution in [0.5, 0.6) is 0 Å². The van der Waals surface area contributed by atoms with Crippen molar-refractivity contribution in [1.29, 1.82) is 0 Å². The minimum atomic E-state index is -0.589. The van der Waals surface area contributed by atoms with Crippen LogP contribution in [0.1, 0.15) is 17.2 Å². The Morgan fingerprint density at radius 3 is 2.56 bits per heavy atom. The van der Waals surface area contributed by atoms with E-state index >= 15 is 0 Å².